The Bertz CT molecular complexity index is 505. The normalized spacial score (nSPS) is 26.8. The number of pyridine rings is 1. The fraction of sp³-hybridized carbons (Fsp3) is 0.600. The lowest BCUT2D eigenvalue weighted by Crippen LogP contribution is -2.20. The Kier molecular flexibility index (Phi) is 2.65. The number of carbonyl (C=O) groups is 1. The zero-order valence-electron chi connectivity index (χ0n) is 10.9. The summed E-state index contributed by atoms with van der Waals surface area (Å²) in [4.78, 5) is 16.1. The zero-order valence-corrected chi connectivity index (χ0v) is 10.9. The summed E-state index contributed by atoms with van der Waals surface area (Å²) in [5.41, 5.74) is 3.59. The first kappa shape index (κ1) is 11.7. The van der Waals surface area contributed by atoms with Gasteiger partial charge in [0.05, 0.1) is 11.3 Å². The number of hydrogen-bond acceptors (Lipinski definition) is 2. The van der Waals surface area contributed by atoms with Crippen LogP contribution in [-0.2, 0) is 6.42 Å². The molecule has 18 heavy (non-hydrogen) atoms. The number of nitrogens with zero attached hydrogens (tertiary/aromatic N) is 1. The van der Waals surface area contributed by atoms with Gasteiger partial charge in [-0.2, -0.15) is 0 Å². The van der Waals surface area contributed by atoms with Crippen LogP contribution in [0.1, 0.15) is 72.3 Å². The SMILES string of the molecule is CC1CCc2cc(C(=O)O)c(C3CC3)nc2C1C. The van der Waals surface area contributed by atoms with E-state index in [9.17, 15) is 9.90 Å². The van der Waals surface area contributed by atoms with E-state index in [1.165, 1.54) is 0 Å². The van der Waals surface area contributed by atoms with Crippen molar-refractivity contribution in [2.75, 3.05) is 0 Å². The maximum absolute atomic E-state index is 11.3. The Morgan fingerprint density at radius 2 is 2.00 bits per heavy atom. The predicted molar refractivity (Wildman–Crippen MR) is 69.1 cm³/mol. The van der Waals surface area contributed by atoms with Crippen molar-refractivity contribution < 1.29 is 9.90 Å². The van der Waals surface area contributed by atoms with Crippen molar-refractivity contribution in [1.29, 1.82) is 0 Å². The van der Waals surface area contributed by atoms with E-state index in [1.54, 1.807) is 0 Å². The molecule has 1 aromatic rings. The quantitative estimate of drug-likeness (QED) is 0.869. The maximum atomic E-state index is 11.3. The summed E-state index contributed by atoms with van der Waals surface area (Å²) in [5, 5.41) is 9.32. The third kappa shape index (κ3) is 1.82. The second kappa shape index (κ2) is 4.08. The first-order valence-electron chi connectivity index (χ1n) is 6.85. The third-order valence-electron chi connectivity index (χ3n) is 4.51. The van der Waals surface area contributed by atoms with E-state index in [2.05, 4.69) is 13.8 Å². The molecule has 0 saturated heterocycles. The highest BCUT2D eigenvalue weighted by molar-refractivity contribution is 5.89. The first-order valence-corrected chi connectivity index (χ1v) is 6.85. The van der Waals surface area contributed by atoms with Gasteiger partial charge in [-0.1, -0.05) is 13.8 Å². The largest absolute Gasteiger partial charge is 0.478 e. The van der Waals surface area contributed by atoms with E-state index in [4.69, 9.17) is 4.98 Å². The van der Waals surface area contributed by atoms with Gasteiger partial charge in [0.25, 0.3) is 0 Å². The molecule has 0 aliphatic heterocycles. The first-order chi connectivity index (χ1) is 8.58. The van der Waals surface area contributed by atoms with Gasteiger partial charge in [0.15, 0.2) is 0 Å². The van der Waals surface area contributed by atoms with E-state index >= 15 is 0 Å². The molecule has 2 aliphatic carbocycles. The van der Waals surface area contributed by atoms with Gasteiger partial charge in [-0.15, -0.1) is 0 Å². The van der Waals surface area contributed by atoms with Crippen LogP contribution in [0.4, 0.5) is 0 Å². The molecule has 3 rings (SSSR count). The fourth-order valence-corrected chi connectivity index (χ4v) is 2.92. The summed E-state index contributed by atoms with van der Waals surface area (Å²) >= 11 is 0. The molecule has 1 N–H and O–H groups in total. The van der Waals surface area contributed by atoms with Crippen molar-refractivity contribution >= 4 is 5.97 Å². The number of rotatable bonds is 2. The van der Waals surface area contributed by atoms with Gasteiger partial charge >= 0.3 is 5.97 Å². The molecular weight excluding hydrogens is 226 g/mol. The number of carboxylic acid groups (broad SMARTS) is 1. The predicted octanol–water partition coefficient (Wildman–Crippen LogP) is 3.34. The Labute approximate surface area is 107 Å². The molecule has 1 aromatic heterocycles. The van der Waals surface area contributed by atoms with Crippen LogP contribution < -0.4 is 0 Å². The Hall–Kier alpha value is -1.38. The summed E-state index contributed by atoms with van der Waals surface area (Å²) in [6, 6.07) is 1.89. The minimum absolute atomic E-state index is 0.394. The van der Waals surface area contributed by atoms with Crippen molar-refractivity contribution in [3.8, 4) is 0 Å². The number of aromatic nitrogens is 1. The maximum Gasteiger partial charge on any atom is 0.337 e. The minimum atomic E-state index is -0.821. The third-order valence-corrected chi connectivity index (χ3v) is 4.51. The molecule has 0 spiro atoms. The van der Waals surface area contributed by atoms with Gasteiger partial charge in [-0.05, 0) is 43.2 Å². The van der Waals surface area contributed by atoms with Crippen LogP contribution in [0, 0.1) is 5.92 Å². The summed E-state index contributed by atoms with van der Waals surface area (Å²) in [6.45, 7) is 4.48. The zero-order chi connectivity index (χ0) is 12.9. The van der Waals surface area contributed by atoms with Crippen molar-refractivity contribution in [2.45, 2.75) is 51.4 Å². The Morgan fingerprint density at radius 3 is 2.61 bits per heavy atom. The van der Waals surface area contributed by atoms with Gasteiger partial charge in [0, 0.05) is 17.5 Å². The Balaban J connectivity index is 2.12. The topological polar surface area (TPSA) is 50.2 Å². The molecule has 3 nitrogen and oxygen atoms in total. The summed E-state index contributed by atoms with van der Waals surface area (Å²) in [5.74, 6) is 0.672. The highest BCUT2D eigenvalue weighted by Gasteiger charge is 2.33. The van der Waals surface area contributed by atoms with E-state index in [0.717, 1.165) is 42.6 Å². The van der Waals surface area contributed by atoms with Crippen molar-refractivity contribution in [1.82, 2.24) is 4.98 Å². The average Bonchev–Trinajstić information content (AvgIpc) is 3.17. The summed E-state index contributed by atoms with van der Waals surface area (Å²) < 4.78 is 0. The number of fused-ring (bicyclic) bond motifs is 1. The highest BCUT2D eigenvalue weighted by atomic mass is 16.4. The second-order valence-corrected chi connectivity index (χ2v) is 5.85. The standard InChI is InChI=1S/C15H19NO2/c1-8-3-4-11-7-12(15(17)18)14(10-5-6-10)16-13(11)9(8)2/h7-10H,3-6H2,1-2H3,(H,17,18). The van der Waals surface area contributed by atoms with Crippen LogP contribution in [0.5, 0.6) is 0 Å². The molecule has 2 aliphatic rings. The van der Waals surface area contributed by atoms with E-state index < -0.39 is 5.97 Å². The molecule has 0 radical (unpaired) electrons. The summed E-state index contributed by atoms with van der Waals surface area (Å²) in [7, 11) is 0. The summed E-state index contributed by atoms with van der Waals surface area (Å²) in [6.07, 6.45) is 4.29. The highest BCUT2D eigenvalue weighted by Crippen LogP contribution is 2.43. The van der Waals surface area contributed by atoms with E-state index in [-0.39, 0.29) is 0 Å². The van der Waals surface area contributed by atoms with E-state index in [1.807, 2.05) is 6.07 Å². The van der Waals surface area contributed by atoms with Crippen LogP contribution in [0.2, 0.25) is 0 Å². The lowest BCUT2D eigenvalue weighted by molar-refractivity contribution is 0.0694. The van der Waals surface area contributed by atoms with Gasteiger partial charge in [-0.3, -0.25) is 4.98 Å². The number of carboxylic acids is 1. The number of aromatic carboxylic acids is 1. The molecule has 1 saturated carbocycles. The van der Waals surface area contributed by atoms with Gasteiger partial charge in [0.2, 0.25) is 0 Å². The minimum Gasteiger partial charge on any atom is -0.478 e. The molecule has 2 unspecified atom stereocenters. The average molecular weight is 245 g/mol. The molecule has 0 bridgehead atoms. The number of hydrogen-bond donors (Lipinski definition) is 1. The molecule has 2 atom stereocenters. The number of aryl methyl sites for hydroxylation is 1. The monoisotopic (exact) mass is 245 g/mol. The molecule has 1 heterocycles. The van der Waals surface area contributed by atoms with Gasteiger partial charge < -0.3 is 5.11 Å². The molecular formula is C15H19NO2. The molecule has 1 fully saturated rings. The lowest BCUT2D eigenvalue weighted by atomic mass is 9.79. The van der Waals surface area contributed by atoms with Crippen LogP contribution in [-0.4, -0.2) is 16.1 Å². The van der Waals surface area contributed by atoms with Crippen LogP contribution in [0.25, 0.3) is 0 Å². The molecule has 3 heteroatoms. The smallest absolute Gasteiger partial charge is 0.337 e. The van der Waals surface area contributed by atoms with Crippen LogP contribution >= 0.6 is 0 Å². The van der Waals surface area contributed by atoms with E-state index in [0.29, 0.717) is 23.3 Å². The molecule has 96 valence electrons. The lowest BCUT2D eigenvalue weighted by Gasteiger charge is -2.28. The van der Waals surface area contributed by atoms with Crippen LogP contribution in [0.15, 0.2) is 6.07 Å². The van der Waals surface area contributed by atoms with Crippen molar-refractivity contribution in [2.24, 2.45) is 5.92 Å². The van der Waals surface area contributed by atoms with Gasteiger partial charge in [0.1, 0.15) is 0 Å². The Morgan fingerprint density at radius 1 is 1.28 bits per heavy atom. The second-order valence-electron chi connectivity index (χ2n) is 5.85. The van der Waals surface area contributed by atoms with Crippen molar-refractivity contribution in [3.05, 3.63) is 28.6 Å². The van der Waals surface area contributed by atoms with Crippen LogP contribution in [0.3, 0.4) is 0 Å². The molecule has 0 amide bonds. The van der Waals surface area contributed by atoms with Gasteiger partial charge in [-0.25, -0.2) is 4.79 Å². The fourth-order valence-electron chi connectivity index (χ4n) is 2.92. The van der Waals surface area contributed by atoms with Crippen molar-refractivity contribution in [3.63, 3.8) is 0 Å². The molecule has 0 aromatic carbocycles.